The third-order valence-corrected chi connectivity index (χ3v) is 5.35. The minimum absolute atomic E-state index is 0.272. The summed E-state index contributed by atoms with van der Waals surface area (Å²) in [5.74, 6) is 5.83. The van der Waals surface area contributed by atoms with E-state index in [2.05, 4.69) is 34.1 Å². The number of alkyl halides is 3. The molecule has 0 fully saturated rings. The molecule has 0 saturated carbocycles. The summed E-state index contributed by atoms with van der Waals surface area (Å²) in [6.45, 7) is 4.03. The number of nitrogens with zero attached hydrogens (tertiary/aromatic N) is 1. The molecule has 3 rings (SSSR count). The van der Waals surface area contributed by atoms with Crippen molar-refractivity contribution in [3.8, 4) is 34.1 Å². The van der Waals surface area contributed by atoms with Crippen LogP contribution in [0.15, 0.2) is 65.6 Å². The van der Waals surface area contributed by atoms with Gasteiger partial charge in [0.1, 0.15) is 11.2 Å². The molecule has 0 unspecified atom stereocenters. The molecular formula is C25H18F3NOS. The van der Waals surface area contributed by atoms with Crippen LogP contribution in [0.1, 0.15) is 29.2 Å². The largest absolute Gasteiger partial charge is 0.573 e. The van der Waals surface area contributed by atoms with Gasteiger partial charge in [-0.05, 0) is 89.8 Å². The SMILES string of the molecule is CCc1cc(-c2ccc(SC#N)c(C)c2)ccc1C#Cc1ccc(OC(F)(F)F)cc1. The lowest BCUT2D eigenvalue weighted by molar-refractivity contribution is -0.274. The minimum atomic E-state index is -4.71. The number of hydrogen-bond acceptors (Lipinski definition) is 3. The molecule has 0 N–H and O–H groups in total. The Hall–Kier alpha value is -3.35. The summed E-state index contributed by atoms with van der Waals surface area (Å²) in [5, 5.41) is 11.0. The van der Waals surface area contributed by atoms with Crippen LogP contribution in [0.3, 0.4) is 0 Å². The Labute approximate surface area is 183 Å². The van der Waals surface area contributed by atoms with Crippen LogP contribution in [0, 0.1) is 29.4 Å². The van der Waals surface area contributed by atoms with Crippen LogP contribution < -0.4 is 4.74 Å². The van der Waals surface area contributed by atoms with Crippen molar-refractivity contribution in [2.45, 2.75) is 31.5 Å². The summed E-state index contributed by atoms with van der Waals surface area (Å²) in [5.41, 5.74) is 5.72. The average molecular weight is 437 g/mol. The smallest absolute Gasteiger partial charge is 0.406 e. The van der Waals surface area contributed by atoms with E-state index >= 15 is 0 Å². The van der Waals surface area contributed by atoms with E-state index in [0.717, 1.165) is 50.9 Å². The average Bonchev–Trinajstić information content (AvgIpc) is 2.73. The van der Waals surface area contributed by atoms with Crippen LogP contribution in [0.5, 0.6) is 5.75 Å². The molecule has 0 aliphatic carbocycles. The second-order valence-electron chi connectivity index (χ2n) is 6.72. The molecule has 0 bridgehead atoms. The van der Waals surface area contributed by atoms with Gasteiger partial charge < -0.3 is 4.74 Å². The quantitative estimate of drug-likeness (QED) is 0.248. The number of halogens is 3. The monoisotopic (exact) mass is 437 g/mol. The van der Waals surface area contributed by atoms with Crippen LogP contribution in [-0.4, -0.2) is 6.36 Å². The molecule has 3 aromatic rings. The number of nitriles is 1. The molecule has 0 aliphatic rings. The molecule has 6 heteroatoms. The van der Waals surface area contributed by atoms with E-state index < -0.39 is 6.36 Å². The molecule has 0 atom stereocenters. The van der Waals surface area contributed by atoms with Crippen molar-refractivity contribution in [3.63, 3.8) is 0 Å². The fourth-order valence-corrected chi connectivity index (χ4v) is 3.51. The van der Waals surface area contributed by atoms with Crippen molar-refractivity contribution in [1.29, 1.82) is 5.26 Å². The van der Waals surface area contributed by atoms with Crippen LogP contribution in [0.2, 0.25) is 0 Å². The normalized spacial score (nSPS) is 10.7. The summed E-state index contributed by atoms with van der Waals surface area (Å²) in [6.07, 6.45) is -3.92. The highest BCUT2D eigenvalue weighted by Crippen LogP contribution is 2.29. The van der Waals surface area contributed by atoms with Gasteiger partial charge in [-0.15, -0.1) is 13.2 Å². The molecule has 156 valence electrons. The van der Waals surface area contributed by atoms with E-state index in [9.17, 15) is 13.2 Å². The Bertz CT molecular complexity index is 1180. The van der Waals surface area contributed by atoms with Crippen LogP contribution in [0.25, 0.3) is 11.1 Å². The van der Waals surface area contributed by atoms with Crippen molar-refractivity contribution >= 4 is 11.8 Å². The molecule has 0 aliphatic heterocycles. The molecule has 0 saturated heterocycles. The van der Waals surface area contributed by atoms with Crippen molar-refractivity contribution in [2.24, 2.45) is 0 Å². The lowest BCUT2D eigenvalue weighted by atomic mass is 9.97. The second-order valence-corrected chi connectivity index (χ2v) is 7.55. The molecule has 0 aromatic heterocycles. The third kappa shape index (κ3) is 6.07. The van der Waals surface area contributed by atoms with Gasteiger partial charge >= 0.3 is 6.36 Å². The number of thiocyanates is 1. The Morgan fingerprint density at radius 3 is 2.23 bits per heavy atom. The molecule has 2 nitrogen and oxygen atoms in total. The number of rotatable bonds is 4. The van der Waals surface area contributed by atoms with Gasteiger partial charge in [0.25, 0.3) is 0 Å². The van der Waals surface area contributed by atoms with Crippen molar-refractivity contribution in [3.05, 3.63) is 82.9 Å². The van der Waals surface area contributed by atoms with Gasteiger partial charge in [0.05, 0.1) is 0 Å². The third-order valence-electron chi connectivity index (χ3n) is 4.58. The fourth-order valence-electron chi connectivity index (χ4n) is 3.06. The molecule has 3 aromatic carbocycles. The molecule has 0 spiro atoms. The fraction of sp³-hybridized carbons (Fsp3) is 0.160. The maximum atomic E-state index is 12.3. The highest BCUT2D eigenvalue weighted by atomic mass is 32.2. The first-order valence-corrected chi connectivity index (χ1v) is 10.3. The van der Waals surface area contributed by atoms with Crippen molar-refractivity contribution < 1.29 is 17.9 Å². The van der Waals surface area contributed by atoms with Crippen LogP contribution in [0.4, 0.5) is 13.2 Å². The summed E-state index contributed by atoms with van der Waals surface area (Å²) >= 11 is 1.15. The zero-order chi connectivity index (χ0) is 22.4. The van der Waals surface area contributed by atoms with E-state index in [1.807, 2.05) is 38.1 Å². The first-order chi connectivity index (χ1) is 14.8. The first-order valence-electron chi connectivity index (χ1n) is 9.47. The Balaban J connectivity index is 1.83. The second kappa shape index (κ2) is 9.64. The van der Waals surface area contributed by atoms with E-state index in [1.165, 1.54) is 24.3 Å². The number of benzene rings is 3. The highest BCUT2D eigenvalue weighted by Gasteiger charge is 2.30. The molecule has 0 radical (unpaired) electrons. The van der Waals surface area contributed by atoms with Crippen molar-refractivity contribution in [1.82, 2.24) is 0 Å². The van der Waals surface area contributed by atoms with Gasteiger partial charge in [-0.3, -0.25) is 0 Å². The number of thioether (sulfide) groups is 1. The van der Waals surface area contributed by atoms with Gasteiger partial charge in [0, 0.05) is 16.0 Å². The minimum Gasteiger partial charge on any atom is -0.406 e. The van der Waals surface area contributed by atoms with Gasteiger partial charge in [0.2, 0.25) is 0 Å². The number of hydrogen-bond donors (Lipinski definition) is 0. The molecular weight excluding hydrogens is 419 g/mol. The molecule has 31 heavy (non-hydrogen) atoms. The topological polar surface area (TPSA) is 33.0 Å². The van der Waals surface area contributed by atoms with E-state index in [-0.39, 0.29) is 5.75 Å². The Morgan fingerprint density at radius 2 is 1.61 bits per heavy atom. The Morgan fingerprint density at radius 1 is 0.935 bits per heavy atom. The zero-order valence-electron chi connectivity index (χ0n) is 16.9. The predicted octanol–water partition coefficient (Wildman–Crippen LogP) is 7.10. The zero-order valence-corrected chi connectivity index (χ0v) is 17.7. The summed E-state index contributed by atoms with van der Waals surface area (Å²) in [7, 11) is 0. The maximum absolute atomic E-state index is 12.3. The maximum Gasteiger partial charge on any atom is 0.573 e. The highest BCUT2D eigenvalue weighted by molar-refractivity contribution is 8.03. The summed E-state index contributed by atoms with van der Waals surface area (Å²) in [4.78, 5) is 0.941. The van der Waals surface area contributed by atoms with Gasteiger partial charge in [-0.2, -0.15) is 5.26 Å². The van der Waals surface area contributed by atoms with Gasteiger partial charge in [0.15, 0.2) is 0 Å². The molecule has 0 heterocycles. The molecule has 0 amide bonds. The van der Waals surface area contributed by atoms with E-state index in [1.54, 1.807) is 0 Å². The van der Waals surface area contributed by atoms with Gasteiger partial charge in [-0.25, -0.2) is 0 Å². The number of aryl methyl sites for hydroxylation is 2. The standard InChI is InChI=1S/C25H18F3NOS/c1-3-19-15-22(21-10-13-24(31-16-29)17(2)14-21)9-8-20(19)7-4-18-5-11-23(12-6-18)30-25(26,27)28/h5-6,8-15H,3H2,1-2H3. The Kier molecular flexibility index (Phi) is 6.95. The van der Waals surface area contributed by atoms with E-state index in [0.29, 0.717) is 5.56 Å². The van der Waals surface area contributed by atoms with Crippen LogP contribution >= 0.6 is 11.8 Å². The summed E-state index contributed by atoms with van der Waals surface area (Å²) < 4.78 is 40.7. The lowest BCUT2D eigenvalue weighted by Gasteiger charge is -2.09. The first kappa shape index (κ1) is 22.3. The predicted molar refractivity (Wildman–Crippen MR) is 117 cm³/mol. The van der Waals surface area contributed by atoms with Crippen molar-refractivity contribution in [2.75, 3.05) is 0 Å². The van der Waals surface area contributed by atoms with Gasteiger partial charge in [-0.1, -0.05) is 37.0 Å². The summed E-state index contributed by atoms with van der Waals surface area (Å²) in [6, 6.07) is 17.5. The van der Waals surface area contributed by atoms with Crippen LogP contribution in [-0.2, 0) is 6.42 Å². The number of ether oxygens (including phenoxy) is 1. The van der Waals surface area contributed by atoms with E-state index in [4.69, 9.17) is 5.26 Å². The lowest BCUT2D eigenvalue weighted by Crippen LogP contribution is -2.16.